The predicted octanol–water partition coefficient (Wildman–Crippen LogP) is 1.95. The molecule has 0 aromatic heterocycles. The molecule has 0 heterocycles. The number of esters is 1. The summed E-state index contributed by atoms with van der Waals surface area (Å²) in [6.45, 7) is 0. The third kappa shape index (κ3) is 3.24. The van der Waals surface area contributed by atoms with Gasteiger partial charge in [0.15, 0.2) is 0 Å². The predicted molar refractivity (Wildman–Crippen MR) is 73.7 cm³/mol. The maximum atomic E-state index is 11.8. The van der Waals surface area contributed by atoms with E-state index >= 15 is 0 Å². The van der Waals surface area contributed by atoms with Crippen LogP contribution in [0.3, 0.4) is 0 Å². The van der Waals surface area contributed by atoms with Crippen molar-refractivity contribution in [3.8, 4) is 12.0 Å². The van der Waals surface area contributed by atoms with Crippen LogP contribution >= 0.6 is 0 Å². The Morgan fingerprint density at radius 2 is 1.50 bits per heavy atom. The minimum absolute atomic E-state index is 0.0994. The van der Waals surface area contributed by atoms with Crippen LogP contribution in [0.1, 0.15) is 26.3 Å². The lowest BCUT2D eigenvalue weighted by atomic mass is 10.1. The highest BCUT2D eigenvalue weighted by Crippen LogP contribution is 2.09. The van der Waals surface area contributed by atoms with Crippen LogP contribution in [-0.4, -0.2) is 11.9 Å². The third-order valence-corrected chi connectivity index (χ3v) is 2.53. The number of amides is 1. The molecule has 0 spiro atoms. The highest BCUT2D eigenvalue weighted by molar-refractivity contribution is 6.04. The molecule has 2 N–H and O–H groups in total. The molecule has 0 aliphatic heterocycles. The quantitative estimate of drug-likeness (QED) is 0.666. The van der Waals surface area contributed by atoms with Crippen LogP contribution in [0.5, 0.6) is 0 Å². The first-order valence-corrected chi connectivity index (χ1v) is 5.84. The molecule has 98 valence electrons. The van der Waals surface area contributed by atoms with Crippen LogP contribution in [0.15, 0.2) is 54.6 Å². The summed E-state index contributed by atoms with van der Waals surface area (Å²) < 4.78 is 4.82. The van der Waals surface area contributed by atoms with E-state index in [1.165, 1.54) is 12.1 Å². The van der Waals surface area contributed by atoms with E-state index in [1.54, 1.807) is 24.3 Å². The SMILES string of the molecule is NC(=O)c1ccccc1C(=O)OC#Cc1ccccc1. The first-order valence-electron chi connectivity index (χ1n) is 5.84. The topological polar surface area (TPSA) is 69.4 Å². The second-order valence-electron chi connectivity index (χ2n) is 3.89. The fourth-order valence-electron chi connectivity index (χ4n) is 1.58. The molecular weight excluding hydrogens is 254 g/mol. The summed E-state index contributed by atoms with van der Waals surface area (Å²) in [6, 6.07) is 15.3. The zero-order chi connectivity index (χ0) is 14.4. The van der Waals surface area contributed by atoms with Crippen LogP contribution in [0.4, 0.5) is 0 Å². The number of rotatable bonds is 2. The summed E-state index contributed by atoms with van der Waals surface area (Å²) in [6.07, 6.45) is 2.31. The van der Waals surface area contributed by atoms with Gasteiger partial charge in [0.1, 0.15) is 6.11 Å². The molecule has 0 bridgehead atoms. The van der Waals surface area contributed by atoms with Crippen molar-refractivity contribution in [2.45, 2.75) is 0 Å². The van der Waals surface area contributed by atoms with Gasteiger partial charge in [-0.15, -0.1) is 0 Å². The molecule has 4 nitrogen and oxygen atoms in total. The van der Waals surface area contributed by atoms with E-state index in [9.17, 15) is 9.59 Å². The van der Waals surface area contributed by atoms with Crippen LogP contribution in [0.25, 0.3) is 0 Å². The molecule has 0 radical (unpaired) electrons. The first kappa shape index (κ1) is 13.4. The molecule has 1 amide bonds. The summed E-state index contributed by atoms with van der Waals surface area (Å²) in [5.41, 5.74) is 6.12. The van der Waals surface area contributed by atoms with Gasteiger partial charge in [0.05, 0.1) is 11.1 Å². The van der Waals surface area contributed by atoms with Crippen molar-refractivity contribution in [2.75, 3.05) is 0 Å². The number of nitrogens with two attached hydrogens (primary N) is 1. The second-order valence-corrected chi connectivity index (χ2v) is 3.89. The summed E-state index contributed by atoms with van der Waals surface area (Å²) in [5.74, 6) is 1.29. The number of primary amides is 1. The summed E-state index contributed by atoms with van der Waals surface area (Å²) >= 11 is 0. The summed E-state index contributed by atoms with van der Waals surface area (Å²) in [4.78, 5) is 23.0. The smallest absolute Gasteiger partial charge is 0.352 e. The highest BCUT2D eigenvalue weighted by Gasteiger charge is 2.15. The number of carbonyl (C=O) groups excluding carboxylic acids is 2. The van der Waals surface area contributed by atoms with Crippen LogP contribution < -0.4 is 5.73 Å². The Morgan fingerprint density at radius 3 is 2.15 bits per heavy atom. The molecule has 2 aromatic rings. The fraction of sp³-hybridized carbons (Fsp3) is 0. The van der Waals surface area contributed by atoms with Gasteiger partial charge in [-0.25, -0.2) is 4.79 Å². The fourth-order valence-corrected chi connectivity index (χ4v) is 1.58. The van der Waals surface area contributed by atoms with E-state index in [1.807, 2.05) is 18.2 Å². The average molecular weight is 265 g/mol. The normalized spacial score (nSPS) is 9.20. The zero-order valence-electron chi connectivity index (χ0n) is 10.5. The van der Waals surface area contributed by atoms with Crippen LogP contribution in [0.2, 0.25) is 0 Å². The number of benzene rings is 2. The maximum Gasteiger partial charge on any atom is 0.352 e. The molecule has 0 atom stereocenters. The molecule has 0 aliphatic carbocycles. The average Bonchev–Trinajstić information content (AvgIpc) is 2.48. The van der Waals surface area contributed by atoms with Gasteiger partial charge in [0.2, 0.25) is 5.91 Å². The lowest BCUT2D eigenvalue weighted by Gasteiger charge is -2.02. The molecule has 20 heavy (non-hydrogen) atoms. The van der Waals surface area contributed by atoms with Crippen LogP contribution in [0, 0.1) is 12.0 Å². The van der Waals surface area contributed by atoms with E-state index in [-0.39, 0.29) is 11.1 Å². The van der Waals surface area contributed by atoms with Gasteiger partial charge >= 0.3 is 5.97 Å². The third-order valence-electron chi connectivity index (χ3n) is 2.53. The van der Waals surface area contributed by atoms with Gasteiger partial charge in [0.25, 0.3) is 0 Å². The molecule has 2 rings (SSSR count). The molecule has 4 heteroatoms. The number of ether oxygens (including phenoxy) is 1. The van der Waals surface area contributed by atoms with Crippen molar-refractivity contribution in [3.63, 3.8) is 0 Å². The largest absolute Gasteiger partial charge is 0.368 e. The van der Waals surface area contributed by atoms with Crippen molar-refractivity contribution in [1.82, 2.24) is 0 Å². The molecular formula is C16H11NO3. The Kier molecular flexibility index (Phi) is 4.15. The summed E-state index contributed by atoms with van der Waals surface area (Å²) in [5, 5.41) is 0. The zero-order valence-corrected chi connectivity index (χ0v) is 10.5. The Morgan fingerprint density at radius 1 is 0.900 bits per heavy atom. The van der Waals surface area contributed by atoms with Gasteiger partial charge in [-0.3, -0.25) is 4.79 Å². The summed E-state index contributed by atoms with van der Waals surface area (Å²) in [7, 11) is 0. The van der Waals surface area contributed by atoms with Crippen LogP contribution in [-0.2, 0) is 4.74 Å². The second kappa shape index (κ2) is 6.21. The lowest BCUT2D eigenvalue weighted by molar-refractivity contribution is 0.0686. The van der Waals surface area contributed by atoms with Gasteiger partial charge in [-0.2, -0.15) is 0 Å². The molecule has 0 saturated heterocycles. The van der Waals surface area contributed by atoms with Gasteiger partial charge in [0, 0.05) is 5.56 Å². The van der Waals surface area contributed by atoms with Gasteiger partial charge in [-0.05, 0) is 30.2 Å². The molecule has 0 aliphatic rings. The standard InChI is InChI=1S/C16H11NO3/c17-15(18)13-8-4-5-9-14(13)16(19)20-11-10-12-6-2-1-3-7-12/h1-9H,(H2,17,18). The van der Waals surface area contributed by atoms with Gasteiger partial charge < -0.3 is 10.5 Å². The lowest BCUT2D eigenvalue weighted by Crippen LogP contribution is -2.16. The van der Waals surface area contributed by atoms with E-state index in [2.05, 4.69) is 12.0 Å². The maximum absolute atomic E-state index is 11.8. The Bertz CT molecular complexity index is 696. The molecule has 0 saturated carbocycles. The molecule has 2 aromatic carbocycles. The molecule has 0 unspecified atom stereocenters. The minimum Gasteiger partial charge on any atom is -0.368 e. The van der Waals surface area contributed by atoms with E-state index in [4.69, 9.17) is 10.5 Å². The molecule has 0 fully saturated rings. The Hall–Kier alpha value is -3.06. The van der Waals surface area contributed by atoms with Crippen molar-refractivity contribution in [1.29, 1.82) is 0 Å². The van der Waals surface area contributed by atoms with Gasteiger partial charge in [-0.1, -0.05) is 30.3 Å². The van der Waals surface area contributed by atoms with Crippen molar-refractivity contribution < 1.29 is 14.3 Å². The van der Waals surface area contributed by atoms with E-state index < -0.39 is 11.9 Å². The van der Waals surface area contributed by atoms with E-state index in [0.29, 0.717) is 0 Å². The van der Waals surface area contributed by atoms with Crippen molar-refractivity contribution >= 4 is 11.9 Å². The number of carbonyl (C=O) groups is 2. The number of hydrogen-bond acceptors (Lipinski definition) is 3. The highest BCUT2D eigenvalue weighted by atomic mass is 16.5. The van der Waals surface area contributed by atoms with E-state index in [0.717, 1.165) is 5.56 Å². The van der Waals surface area contributed by atoms with Crippen molar-refractivity contribution in [3.05, 3.63) is 71.3 Å². The monoisotopic (exact) mass is 265 g/mol. The van der Waals surface area contributed by atoms with Crippen molar-refractivity contribution in [2.24, 2.45) is 5.73 Å². The minimum atomic E-state index is -0.706. The number of hydrogen-bond donors (Lipinski definition) is 1. The first-order chi connectivity index (χ1) is 9.68. The Labute approximate surface area is 116 Å². The Balaban J connectivity index is 2.14.